The lowest BCUT2D eigenvalue weighted by Crippen LogP contribution is -2.41. The summed E-state index contributed by atoms with van der Waals surface area (Å²) in [6.45, 7) is 1.12. The number of hydrogen-bond donors (Lipinski definition) is 1. The van der Waals surface area contributed by atoms with Gasteiger partial charge >= 0.3 is 0 Å². The number of nitrogens with zero attached hydrogens (tertiary/aromatic N) is 6. The molecule has 3 heterocycles. The number of anilines is 1. The Labute approximate surface area is 172 Å². The van der Waals surface area contributed by atoms with Crippen LogP contribution in [0.25, 0.3) is 11.6 Å². The molecule has 8 nitrogen and oxygen atoms in total. The van der Waals surface area contributed by atoms with E-state index in [-0.39, 0.29) is 24.2 Å². The molecule has 148 valence electrons. The Morgan fingerprint density at radius 3 is 2.69 bits per heavy atom. The first kappa shape index (κ1) is 19.3. The van der Waals surface area contributed by atoms with E-state index in [2.05, 4.69) is 31.3 Å². The highest BCUT2D eigenvalue weighted by Gasteiger charge is 2.30. The zero-order chi connectivity index (χ0) is 20.2. The van der Waals surface area contributed by atoms with E-state index in [1.807, 2.05) is 30.3 Å². The largest absolute Gasteiger partial charge is 0.388 e. The van der Waals surface area contributed by atoms with Gasteiger partial charge < -0.3 is 14.5 Å². The van der Waals surface area contributed by atoms with Crippen LogP contribution in [0.5, 0.6) is 0 Å². The maximum Gasteiger partial charge on any atom is 0.278 e. The molecule has 3 aromatic rings. The second kappa shape index (κ2) is 8.55. The molecule has 1 aromatic carbocycles. The van der Waals surface area contributed by atoms with Crippen LogP contribution in [0.1, 0.15) is 17.8 Å². The van der Waals surface area contributed by atoms with Gasteiger partial charge in [0.2, 0.25) is 0 Å². The minimum absolute atomic E-state index is 0.0936. The minimum atomic E-state index is -0.296. The third-order valence-corrected chi connectivity index (χ3v) is 5.39. The molecule has 0 aliphatic carbocycles. The van der Waals surface area contributed by atoms with E-state index < -0.39 is 0 Å². The predicted octanol–water partition coefficient (Wildman–Crippen LogP) is 2.88. The van der Waals surface area contributed by atoms with Gasteiger partial charge in [-0.15, -0.1) is 10.2 Å². The van der Waals surface area contributed by atoms with Crippen LogP contribution in [0.2, 0.25) is 5.02 Å². The van der Waals surface area contributed by atoms with Gasteiger partial charge in [0.15, 0.2) is 17.3 Å². The Morgan fingerprint density at radius 1 is 1.21 bits per heavy atom. The standard InChI is InChI=1S/C20H19ClN6O2/c21-16-3-1-13(2-4-16)9-14-7-8-27(11-15(14)10-22)19-6-5-17(24-25-19)20-23-18(12-28)26-29-20/h1-6,14-15,28H,7-9,11-12H2. The van der Waals surface area contributed by atoms with Crippen molar-refractivity contribution in [1.29, 1.82) is 5.26 Å². The van der Waals surface area contributed by atoms with Crippen molar-refractivity contribution in [2.24, 2.45) is 11.8 Å². The lowest BCUT2D eigenvalue weighted by molar-refractivity contribution is 0.264. The maximum atomic E-state index is 9.68. The van der Waals surface area contributed by atoms with Crippen molar-refractivity contribution in [3.05, 3.63) is 52.8 Å². The van der Waals surface area contributed by atoms with Gasteiger partial charge in [0.1, 0.15) is 6.61 Å². The van der Waals surface area contributed by atoms with Crippen molar-refractivity contribution < 1.29 is 9.63 Å². The fourth-order valence-corrected chi connectivity index (χ4v) is 3.68. The van der Waals surface area contributed by atoms with Crippen molar-refractivity contribution in [2.75, 3.05) is 18.0 Å². The topological polar surface area (TPSA) is 112 Å². The first-order valence-corrected chi connectivity index (χ1v) is 9.70. The van der Waals surface area contributed by atoms with Gasteiger partial charge in [0.05, 0.1) is 12.0 Å². The van der Waals surface area contributed by atoms with Crippen molar-refractivity contribution in [2.45, 2.75) is 19.4 Å². The van der Waals surface area contributed by atoms with Crippen LogP contribution in [0.15, 0.2) is 40.9 Å². The summed E-state index contributed by atoms with van der Waals surface area (Å²) in [7, 11) is 0. The molecule has 0 saturated carbocycles. The summed E-state index contributed by atoms with van der Waals surface area (Å²) >= 11 is 5.96. The highest BCUT2D eigenvalue weighted by atomic mass is 35.5. The summed E-state index contributed by atoms with van der Waals surface area (Å²) in [6, 6.07) is 13.9. The van der Waals surface area contributed by atoms with E-state index in [0.29, 0.717) is 24.0 Å². The van der Waals surface area contributed by atoms with Crippen molar-refractivity contribution in [3.8, 4) is 17.7 Å². The summed E-state index contributed by atoms with van der Waals surface area (Å²) in [4.78, 5) is 6.11. The van der Waals surface area contributed by atoms with Crippen LogP contribution in [0.4, 0.5) is 5.82 Å². The molecule has 2 aromatic heterocycles. The average Bonchev–Trinajstić information content (AvgIpc) is 3.25. The Balaban J connectivity index is 1.42. The molecular weight excluding hydrogens is 392 g/mol. The SMILES string of the molecule is N#CC1CN(c2ccc(-c3nc(CO)no3)nn2)CCC1Cc1ccc(Cl)cc1. The fraction of sp³-hybridized carbons (Fsp3) is 0.350. The molecule has 1 aliphatic heterocycles. The Morgan fingerprint density at radius 2 is 2.03 bits per heavy atom. The third kappa shape index (κ3) is 4.36. The summed E-state index contributed by atoms with van der Waals surface area (Å²) in [6.07, 6.45) is 1.76. The van der Waals surface area contributed by atoms with E-state index in [1.165, 1.54) is 5.56 Å². The smallest absolute Gasteiger partial charge is 0.278 e. The van der Waals surface area contributed by atoms with Gasteiger partial charge in [-0.2, -0.15) is 10.2 Å². The molecule has 0 amide bonds. The van der Waals surface area contributed by atoms with Gasteiger partial charge in [-0.25, -0.2) is 0 Å². The van der Waals surface area contributed by atoms with Crippen LogP contribution < -0.4 is 4.90 Å². The highest BCUT2D eigenvalue weighted by molar-refractivity contribution is 6.30. The Kier molecular flexibility index (Phi) is 5.69. The number of nitriles is 1. The van der Waals surface area contributed by atoms with Crippen molar-refractivity contribution >= 4 is 17.4 Å². The molecule has 1 aliphatic rings. The predicted molar refractivity (Wildman–Crippen MR) is 106 cm³/mol. The van der Waals surface area contributed by atoms with Gasteiger partial charge in [-0.3, -0.25) is 0 Å². The van der Waals surface area contributed by atoms with Crippen LogP contribution in [0.3, 0.4) is 0 Å². The van der Waals surface area contributed by atoms with E-state index in [0.717, 1.165) is 24.4 Å². The van der Waals surface area contributed by atoms with Gasteiger partial charge in [0.25, 0.3) is 5.89 Å². The lowest BCUT2D eigenvalue weighted by atomic mass is 9.82. The molecule has 1 N–H and O–H groups in total. The van der Waals surface area contributed by atoms with Crippen LogP contribution >= 0.6 is 11.6 Å². The van der Waals surface area contributed by atoms with Gasteiger partial charge in [0, 0.05) is 18.1 Å². The molecule has 29 heavy (non-hydrogen) atoms. The maximum absolute atomic E-state index is 9.68. The quantitative estimate of drug-likeness (QED) is 0.683. The minimum Gasteiger partial charge on any atom is -0.388 e. The van der Waals surface area contributed by atoms with E-state index in [9.17, 15) is 5.26 Å². The molecule has 2 unspecified atom stereocenters. The summed E-state index contributed by atoms with van der Waals surface area (Å²) in [5.41, 5.74) is 1.63. The molecule has 0 spiro atoms. The zero-order valence-electron chi connectivity index (χ0n) is 15.6. The number of halogens is 1. The van der Waals surface area contributed by atoms with Crippen molar-refractivity contribution in [1.82, 2.24) is 20.3 Å². The number of aliphatic hydroxyl groups is 1. The normalized spacial score (nSPS) is 19.1. The van der Waals surface area contributed by atoms with Crippen molar-refractivity contribution in [3.63, 3.8) is 0 Å². The highest BCUT2D eigenvalue weighted by Crippen LogP contribution is 2.29. The van der Waals surface area contributed by atoms with Gasteiger partial charge in [-0.05, 0) is 48.6 Å². The van der Waals surface area contributed by atoms with Gasteiger partial charge in [-0.1, -0.05) is 28.9 Å². The van der Waals surface area contributed by atoms with E-state index in [1.54, 1.807) is 6.07 Å². The van der Waals surface area contributed by atoms with E-state index >= 15 is 0 Å². The number of piperidine rings is 1. The summed E-state index contributed by atoms with van der Waals surface area (Å²) < 4.78 is 5.05. The number of benzene rings is 1. The number of aromatic nitrogens is 4. The second-order valence-electron chi connectivity index (χ2n) is 7.01. The molecular formula is C20H19ClN6O2. The third-order valence-electron chi connectivity index (χ3n) is 5.14. The van der Waals surface area contributed by atoms with Crippen LogP contribution in [-0.2, 0) is 13.0 Å². The number of rotatable bonds is 5. The zero-order valence-corrected chi connectivity index (χ0v) is 16.3. The monoisotopic (exact) mass is 410 g/mol. The van der Waals surface area contributed by atoms with Crippen LogP contribution in [0, 0.1) is 23.2 Å². The Hall–Kier alpha value is -3.02. The molecule has 0 bridgehead atoms. The molecule has 4 rings (SSSR count). The molecule has 1 saturated heterocycles. The average molecular weight is 411 g/mol. The number of hydrogen-bond acceptors (Lipinski definition) is 8. The first-order chi connectivity index (χ1) is 14.2. The van der Waals surface area contributed by atoms with Crippen LogP contribution in [-0.4, -0.2) is 38.5 Å². The molecule has 9 heteroatoms. The van der Waals surface area contributed by atoms with E-state index in [4.69, 9.17) is 21.2 Å². The summed E-state index contributed by atoms with van der Waals surface area (Å²) in [5, 5.41) is 31.5. The fourth-order valence-electron chi connectivity index (χ4n) is 3.55. The molecule has 0 radical (unpaired) electrons. The second-order valence-corrected chi connectivity index (χ2v) is 7.45. The number of aliphatic hydroxyl groups excluding tert-OH is 1. The molecule has 2 atom stereocenters. The first-order valence-electron chi connectivity index (χ1n) is 9.33. The summed E-state index contributed by atoms with van der Waals surface area (Å²) in [5.74, 6) is 1.32. The lowest BCUT2D eigenvalue weighted by Gasteiger charge is -2.36. The molecule has 1 fully saturated rings. The Bertz CT molecular complexity index is 999.